The second-order valence-electron chi connectivity index (χ2n) is 5.96. The number of hydrogen-bond acceptors (Lipinski definition) is 4. The van der Waals surface area contributed by atoms with Crippen LogP contribution >= 0.6 is 11.8 Å². The summed E-state index contributed by atoms with van der Waals surface area (Å²) in [4.78, 5) is 14.3. The van der Waals surface area contributed by atoms with E-state index in [1.807, 2.05) is 24.3 Å². The lowest BCUT2D eigenvalue weighted by atomic mass is 10.2. The number of carbonyl (C=O) groups is 1. The molecule has 2 aromatic carbocycles. The zero-order valence-corrected chi connectivity index (χ0v) is 16.6. The number of thioether (sulfide) groups is 1. The minimum absolute atomic E-state index is 0.0660. The molecule has 0 radical (unpaired) electrons. The molecule has 2 aromatic rings. The van der Waals surface area contributed by atoms with Crippen molar-refractivity contribution in [1.82, 2.24) is 5.32 Å². The van der Waals surface area contributed by atoms with Crippen molar-refractivity contribution in [2.24, 2.45) is 0 Å². The molecule has 0 saturated carbocycles. The molecule has 0 aliphatic rings. The highest BCUT2D eigenvalue weighted by Crippen LogP contribution is 2.17. The van der Waals surface area contributed by atoms with Crippen molar-refractivity contribution >= 4 is 23.4 Å². The smallest absolute Gasteiger partial charge is 0.230 e. The molecule has 1 amide bonds. The van der Waals surface area contributed by atoms with Gasteiger partial charge in [0.25, 0.3) is 0 Å². The predicted octanol–water partition coefficient (Wildman–Crippen LogP) is 4.09. The lowest BCUT2D eigenvalue weighted by molar-refractivity contribution is -0.118. The Labute approximate surface area is 160 Å². The van der Waals surface area contributed by atoms with Gasteiger partial charge in [0.15, 0.2) is 0 Å². The topological polar surface area (TPSA) is 41.6 Å². The lowest BCUT2D eigenvalue weighted by Crippen LogP contribution is -2.25. The van der Waals surface area contributed by atoms with E-state index in [4.69, 9.17) is 4.74 Å². The third-order valence-electron chi connectivity index (χ3n) is 4.22. The molecule has 26 heavy (non-hydrogen) atoms. The lowest BCUT2D eigenvalue weighted by Gasteiger charge is -2.21. The Balaban J connectivity index is 1.71. The van der Waals surface area contributed by atoms with Crippen molar-refractivity contribution in [2.45, 2.75) is 26.1 Å². The molecule has 140 valence electrons. The maximum absolute atomic E-state index is 12.0. The fourth-order valence-corrected chi connectivity index (χ4v) is 3.47. The largest absolute Gasteiger partial charge is 0.497 e. The number of rotatable bonds is 10. The van der Waals surface area contributed by atoms with Crippen molar-refractivity contribution in [3.8, 4) is 5.75 Å². The molecule has 0 aromatic heterocycles. The molecule has 0 atom stereocenters. The van der Waals surface area contributed by atoms with Crippen LogP contribution in [0.15, 0.2) is 48.5 Å². The zero-order valence-electron chi connectivity index (χ0n) is 15.8. The summed E-state index contributed by atoms with van der Waals surface area (Å²) in [6.07, 6.45) is 0. The molecule has 0 unspecified atom stereocenters. The molecular weight excluding hydrogens is 344 g/mol. The first-order valence-electron chi connectivity index (χ1n) is 8.97. The average molecular weight is 373 g/mol. The summed E-state index contributed by atoms with van der Waals surface area (Å²) in [5.74, 6) is 2.19. The van der Waals surface area contributed by atoms with Crippen LogP contribution in [-0.2, 0) is 17.1 Å². The minimum Gasteiger partial charge on any atom is -0.497 e. The average Bonchev–Trinajstić information content (AvgIpc) is 2.69. The summed E-state index contributed by atoms with van der Waals surface area (Å²) >= 11 is 1.62. The minimum atomic E-state index is 0.0660. The molecular formula is C21H28N2O2S. The number of carbonyl (C=O) groups excluding carboxylic acids is 1. The second kappa shape index (κ2) is 10.8. The number of methoxy groups -OCH3 is 1. The first-order valence-corrected chi connectivity index (χ1v) is 10.1. The Hall–Kier alpha value is -2.14. The zero-order chi connectivity index (χ0) is 18.8. The maximum atomic E-state index is 12.0. The van der Waals surface area contributed by atoms with Gasteiger partial charge in [0.05, 0.1) is 12.9 Å². The molecule has 0 fully saturated rings. The highest BCUT2D eigenvalue weighted by Gasteiger charge is 2.04. The van der Waals surface area contributed by atoms with Crippen LogP contribution in [0.1, 0.15) is 25.0 Å². The van der Waals surface area contributed by atoms with E-state index in [1.54, 1.807) is 18.9 Å². The van der Waals surface area contributed by atoms with E-state index in [1.165, 1.54) is 11.3 Å². The van der Waals surface area contributed by atoms with Crippen LogP contribution in [-0.4, -0.2) is 31.9 Å². The summed E-state index contributed by atoms with van der Waals surface area (Å²) in [5, 5.41) is 2.99. The maximum Gasteiger partial charge on any atom is 0.230 e. The summed E-state index contributed by atoms with van der Waals surface area (Å²) in [6.45, 7) is 6.87. The Morgan fingerprint density at radius 3 is 2.19 bits per heavy atom. The van der Waals surface area contributed by atoms with Gasteiger partial charge in [-0.3, -0.25) is 4.79 Å². The Kier molecular flexibility index (Phi) is 8.35. The number of hydrogen-bond donors (Lipinski definition) is 1. The van der Waals surface area contributed by atoms with Crippen molar-refractivity contribution < 1.29 is 9.53 Å². The highest BCUT2D eigenvalue weighted by atomic mass is 32.2. The first kappa shape index (κ1) is 20.2. The molecule has 4 nitrogen and oxygen atoms in total. The quantitative estimate of drug-likeness (QED) is 0.682. The van der Waals surface area contributed by atoms with Gasteiger partial charge in [0.2, 0.25) is 5.91 Å². The van der Waals surface area contributed by atoms with Crippen LogP contribution in [0.3, 0.4) is 0 Å². The molecule has 0 aliphatic heterocycles. The molecule has 2 rings (SSSR count). The number of nitrogens with one attached hydrogen (secondary N) is 1. The van der Waals surface area contributed by atoms with Gasteiger partial charge in [-0.05, 0) is 49.2 Å². The van der Waals surface area contributed by atoms with Crippen LogP contribution in [0.4, 0.5) is 5.69 Å². The van der Waals surface area contributed by atoms with Crippen LogP contribution in [0.2, 0.25) is 0 Å². The number of amides is 1. The fraction of sp³-hybridized carbons (Fsp3) is 0.381. The SMILES string of the molecule is CCN(CC)c1ccc(CNC(=O)CSCc2ccc(OC)cc2)cc1. The van der Waals surface area contributed by atoms with E-state index in [0.717, 1.165) is 30.2 Å². The van der Waals surface area contributed by atoms with Crippen LogP contribution in [0.25, 0.3) is 0 Å². The third kappa shape index (κ3) is 6.30. The van der Waals surface area contributed by atoms with Gasteiger partial charge in [-0.1, -0.05) is 24.3 Å². The van der Waals surface area contributed by atoms with Crippen LogP contribution < -0.4 is 15.0 Å². The molecule has 0 heterocycles. The van der Waals surface area contributed by atoms with Crippen molar-refractivity contribution in [3.05, 3.63) is 59.7 Å². The summed E-state index contributed by atoms with van der Waals surface area (Å²) in [7, 11) is 1.66. The second-order valence-corrected chi connectivity index (χ2v) is 6.94. The molecule has 5 heteroatoms. The normalized spacial score (nSPS) is 10.4. The first-order chi connectivity index (χ1) is 12.7. The van der Waals surface area contributed by atoms with Gasteiger partial charge in [-0.25, -0.2) is 0 Å². The number of anilines is 1. The van der Waals surface area contributed by atoms with Crippen LogP contribution in [0.5, 0.6) is 5.75 Å². The number of nitrogens with zero attached hydrogens (tertiary/aromatic N) is 1. The van der Waals surface area contributed by atoms with Crippen molar-refractivity contribution in [1.29, 1.82) is 0 Å². The van der Waals surface area contributed by atoms with E-state index in [0.29, 0.717) is 12.3 Å². The molecule has 0 saturated heterocycles. The van der Waals surface area contributed by atoms with E-state index in [9.17, 15) is 4.79 Å². The van der Waals surface area contributed by atoms with Crippen molar-refractivity contribution in [2.75, 3.05) is 30.9 Å². The summed E-state index contributed by atoms with van der Waals surface area (Å²) in [5.41, 5.74) is 3.53. The van der Waals surface area contributed by atoms with Gasteiger partial charge in [0.1, 0.15) is 5.75 Å². The summed E-state index contributed by atoms with van der Waals surface area (Å²) in [6, 6.07) is 16.3. The fourth-order valence-electron chi connectivity index (χ4n) is 2.65. The molecule has 0 bridgehead atoms. The molecule has 0 aliphatic carbocycles. The van der Waals surface area contributed by atoms with E-state index >= 15 is 0 Å². The Morgan fingerprint density at radius 1 is 1.00 bits per heavy atom. The van der Waals surface area contributed by atoms with Gasteiger partial charge in [-0.2, -0.15) is 0 Å². The summed E-state index contributed by atoms with van der Waals surface area (Å²) < 4.78 is 5.15. The third-order valence-corrected chi connectivity index (χ3v) is 5.22. The standard InChI is InChI=1S/C21H28N2O2S/c1-4-23(5-2)19-10-6-17(7-11-19)14-22-21(24)16-26-15-18-8-12-20(25-3)13-9-18/h6-13H,4-5,14-16H2,1-3H3,(H,22,24). The Morgan fingerprint density at radius 2 is 1.62 bits per heavy atom. The van der Waals surface area contributed by atoms with Gasteiger partial charge < -0.3 is 15.0 Å². The van der Waals surface area contributed by atoms with Gasteiger partial charge in [-0.15, -0.1) is 11.8 Å². The van der Waals surface area contributed by atoms with E-state index in [-0.39, 0.29) is 5.91 Å². The Bertz CT molecular complexity index is 667. The number of benzene rings is 2. The molecule has 0 spiro atoms. The van der Waals surface area contributed by atoms with Crippen molar-refractivity contribution in [3.63, 3.8) is 0 Å². The number of ether oxygens (including phenoxy) is 1. The molecule has 1 N–H and O–H groups in total. The van der Waals surface area contributed by atoms with E-state index < -0.39 is 0 Å². The predicted molar refractivity (Wildman–Crippen MR) is 111 cm³/mol. The highest BCUT2D eigenvalue weighted by molar-refractivity contribution is 7.99. The van der Waals surface area contributed by atoms with E-state index in [2.05, 4.69) is 48.3 Å². The van der Waals surface area contributed by atoms with Gasteiger partial charge >= 0.3 is 0 Å². The van der Waals surface area contributed by atoms with Gasteiger partial charge in [0, 0.05) is 31.1 Å². The van der Waals surface area contributed by atoms with Crippen LogP contribution in [0, 0.1) is 0 Å². The monoisotopic (exact) mass is 372 g/mol.